The van der Waals surface area contributed by atoms with Crippen molar-refractivity contribution in [2.24, 2.45) is 0 Å². The van der Waals surface area contributed by atoms with Crippen molar-refractivity contribution in [1.29, 1.82) is 5.26 Å². The number of benzene rings is 1. The van der Waals surface area contributed by atoms with Crippen molar-refractivity contribution in [3.8, 4) is 6.07 Å². The van der Waals surface area contributed by atoms with Gasteiger partial charge in [-0.1, -0.05) is 0 Å². The lowest BCUT2D eigenvalue weighted by Crippen LogP contribution is -2.32. The van der Waals surface area contributed by atoms with Crippen LogP contribution in [0.3, 0.4) is 0 Å². The minimum Gasteiger partial charge on any atom is -0.366 e. The average Bonchev–Trinajstić information content (AvgIpc) is 2.28. The van der Waals surface area contributed by atoms with Gasteiger partial charge in [0.15, 0.2) is 11.6 Å². The number of hydrogen-bond donors (Lipinski definition) is 0. The van der Waals surface area contributed by atoms with E-state index in [-0.39, 0.29) is 17.3 Å². The zero-order valence-electron chi connectivity index (χ0n) is 10.00. The van der Waals surface area contributed by atoms with Gasteiger partial charge in [-0.25, -0.2) is 8.78 Å². The van der Waals surface area contributed by atoms with Gasteiger partial charge in [-0.3, -0.25) is 0 Å². The quantitative estimate of drug-likeness (QED) is 0.828. The largest absolute Gasteiger partial charge is 0.366 e. The van der Waals surface area contributed by atoms with Gasteiger partial charge in [-0.2, -0.15) is 17.0 Å². The zero-order chi connectivity index (χ0) is 13.0. The van der Waals surface area contributed by atoms with Crippen LogP contribution < -0.4 is 4.90 Å². The Morgan fingerprint density at radius 2 is 1.94 bits per heavy atom. The number of anilines is 1. The second-order valence-corrected chi connectivity index (χ2v) is 4.73. The molecule has 0 amide bonds. The van der Waals surface area contributed by atoms with E-state index in [1.165, 1.54) is 0 Å². The molecule has 0 aliphatic heterocycles. The first-order valence-corrected chi connectivity index (χ1v) is 6.51. The van der Waals surface area contributed by atoms with E-state index >= 15 is 0 Å². The van der Waals surface area contributed by atoms with Crippen LogP contribution in [0.4, 0.5) is 14.5 Å². The molecule has 0 saturated heterocycles. The molecule has 1 rings (SSSR count). The first-order valence-electron chi connectivity index (χ1n) is 5.12. The Morgan fingerprint density at radius 1 is 1.41 bits per heavy atom. The lowest BCUT2D eigenvalue weighted by molar-refractivity contribution is 0.568. The monoisotopic (exact) mass is 256 g/mol. The van der Waals surface area contributed by atoms with E-state index < -0.39 is 11.6 Å². The first-order chi connectivity index (χ1) is 8.01. The molecule has 0 heterocycles. The highest BCUT2D eigenvalue weighted by atomic mass is 32.2. The Bertz CT molecular complexity index is 420. The van der Waals surface area contributed by atoms with Crippen LogP contribution in [0.5, 0.6) is 0 Å². The average molecular weight is 256 g/mol. The summed E-state index contributed by atoms with van der Waals surface area (Å²) in [6.07, 6.45) is 1.94. The molecular formula is C12H14F2N2S. The minimum absolute atomic E-state index is 0.00494. The summed E-state index contributed by atoms with van der Waals surface area (Å²) in [6, 6.07) is 3.85. The van der Waals surface area contributed by atoms with Crippen molar-refractivity contribution in [3.05, 3.63) is 29.3 Å². The molecular weight excluding hydrogens is 242 g/mol. The maximum absolute atomic E-state index is 13.7. The number of halogens is 2. The van der Waals surface area contributed by atoms with Crippen molar-refractivity contribution in [1.82, 2.24) is 0 Å². The van der Waals surface area contributed by atoms with Crippen molar-refractivity contribution < 1.29 is 8.78 Å². The minimum atomic E-state index is -0.697. The van der Waals surface area contributed by atoms with Crippen LogP contribution in [0.25, 0.3) is 0 Å². The fourth-order valence-electron chi connectivity index (χ4n) is 1.54. The van der Waals surface area contributed by atoms with Crippen molar-refractivity contribution in [2.45, 2.75) is 13.0 Å². The summed E-state index contributed by atoms with van der Waals surface area (Å²) in [5, 5.41) is 8.61. The van der Waals surface area contributed by atoms with E-state index in [1.807, 2.05) is 13.2 Å². The lowest BCUT2D eigenvalue weighted by Gasteiger charge is -2.27. The molecule has 0 bridgehead atoms. The van der Waals surface area contributed by atoms with Crippen LogP contribution in [0.2, 0.25) is 0 Å². The van der Waals surface area contributed by atoms with Crippen molar-refractivity contribution in [3.63, 3.8) is 0 Å². The number of thioether (sulfide) groups is 1. The van der Waals surface area contributed by atoms with Gasteiger partial charge in [0.2, 0.25) is 0 Å². The maximum atomic E-state index is 13.7. The van der Waals surface area contributed by atoms with Gasteiger partial charge in [0.1, 0.15) is 5.69 Å². The highest BCUT2D eigenvalue weighted by Gasteiger charge is 2.19. The first kappa shape index (κ1) is 13.8. The van der Waals surface area contributed by atoms with Gasteiger partial charge in [0.25, 0.3) is 0 Å². The molecule has 0 aliphatic rings. The molecule has 5 heteroatoms. The predicted octanol–water partition coefficient (Wildman–Crippen LogP) is 3.02. The zero-order valence-corrected chi connectivity index (χ0v) is 10.8. The Hall–Kier alpha value is -1.28. The Labute approximate surface area is 104 Å². The van der Waals surface area contributed by atoms with Crippen molar-refractivity contribution >= 4 is 17.4 Å². The highest BCUT2D eigenvalue weighted by Crippen LogP contribution is 2.26. The van der Waals surface area contributed by atoms with Gasteiger partial charge < -0.3 is 4.90 Å². The molecule has 1 aromatic carbocycles. The molecule has 1 unspecified atom stereocenters. The summed E-state index contributed by atoms with van der Waals surface area (Å²) in [6.45, 7) is 1.90. The third kappa shape index (κ3) is 3.10. The molecule has 0 spiro atoms. The van der Waals surface area contributed by atoms with Crippen LogP contribution in [-0.4, -0.2) is 25.1 Å². The maximum Gasteiger partial charge on any atom is 0.150 e. The molecule has 0 aliphatic carbocycles. The summed E-state index contributed by atoms with van der Waals surface area (Å²) < 4.78 is 27.4. The van der Waals surface area contributed by atoms with E-state index in [1.54, 1.807) is 29.8 Å². The van der Waals surface area contributed by atoms with E-state index in [4.69, 9.17) is 5.26 Å². The van der Waals surface area contributed by atoms with Gasteiger partial charge >= 0.3 is 0 Å². The number of nitrogens with zero attached hydrogens (tertiary/aromatic N) is 2. The van der Waals surface area contributed by atoms with Crippen LogP contribution in [-0.2, 0) is 0 Å². The van der Waals surface area contributed by atoms with Crippen LogP contribution in [0.15, 0.2) is 12.1 Å². The van der Waals surface area contributed by atoms with E-state index in [0.29, 0.717) is 0 Å². The second kappa shape index (κ2) is 5.87. The molecule has 0 aromatic heterocycles. The number of hydrogen-bond acceptors (Lipinski definition) is 3. The molecule has 0 radical (unpaired) electrons. The molecule has 0 N–H and O–H groups in total. The summed E-state index contributed by atoms with van der Waals surface area (Å²) in [5.74, 6) is -0.621. The molecule has 2 nitrogen and oxygen atoms in total. The van der Waals surface area contributed by atoms with Crippen LogP contribution in [0.1, 0.15) is 12.5 Å². The molecule has 0 saturated carbocycles. The lowest BCUT2D eigenvalue weighted by atomic mass is 10.1. The number of nitriles is 1. The smallest absolute Gasteiger partial charge is 0.150 e. The molecule has 0 fully saturated rings. The number of rotatable bonds is 4. The Morgan fingerprint density at radius 3 is 2.35 bits per heavy atom. The van der Waals surface area contributed by atoms with Gasteiger partial charge in [-0.05, 0) is 25.3 Å². The standard InChI is InChI=1S/C12H14F2N2S/c1-8(7-17-3)16(2)12-10(13)4-9(6-15)5-11(12)14/h4-5,8H,7H2,1-3H3. The SMILES string of the molecule is CSCC(C)N(C)c1c(F)cc(C#N)cc1F. The summed E-state index contributed by atoms with van der Waals surface area (Å²) in [4.78, 5) is 1.56. The Kier molecular flexibility index (Phi) is 4.76. The second-order valence-electron chi connectivity index (χ2n) is 3.82. The van der Waals surface area contributed by atoms with E-state index in [2.05, 4.69) is 0 Å². The molecule has 1 aromatic rings. The molecule has 1 atom stereocenters. The third-order valence-electron chi connectivity index (χ3n) is 2.57. The van der Waals surface area contributed by atoms with Gasteiger partial charge in [-0.15, -0.1) is 0 Å². The van der Waals surface area contributed by atoms with E-state index in [0.717, 1.165) is 17.9 Å². The fourth-order valence-corrected chi connectivity index (χ4v) is 2.25. The third-order valence-corrected chi connectivity index (χ3v) is 3.38. The topological polar surface area (TPSA) is 27.0 Å². The summed E-state index contributed by atoms with van der Waals surface area (Å²) in [7, 11) is 1.65. The fraction of sp³-hybridized carbons (Fsp3) is 0.417. The van der Waals surface area contributed by atoms with Crippen LogP contribution in [0, 0.1) is 23.0 Å². The van der Waals surface area contributed by atoms with Gasteiger partial charge in [0.05, 0.1) is 11.6 Å². The van der Waals surface area contributed by atoms with E-state index in [9.17, 15) is 8.78 Å². The molecule has 17 heavy (non-hydrogen) atoms. The predicted molar refractivity (Wildman–Crippen MR) is 67.3 cm³/mol. The summed E-state index contributed by atoms with van der Waals surface area (Å²) in [5.41, 5.74) is -0.0831. The Balaban J connectivity index is 3.10. The van der Waals surface area contributed by atoms with Crippen molar-refractivity contribution in [2.75, 3.05) is 24.0 Å². The highest BCUT2D eigenvalue weighted by molar-refractivity contribution is 7.98. The molecule has 92 valence electrons. The van der Waals surface area contributed by atoms with Crippen LogP contribution >= 0.6 is 11.8 Å². The summed E-state index contributed by atoms with van der Waals surface area (Å²) >= 11 is 1.61. The van der Waals surface area contributed by atoms with Gasteiger partial charge in [0, 0.05) is 18.8 Å². The normalized spacial score (nSPS) is 12.0.